The lowest BCUT2D eigenvalue weighted by Crippen LogP contribution is -1.85. The van der Waals surface area contributed by atoms with E-state index in [9.17, 15) is 4.79 Å². The van der Waals surface area contributed by atoms with Crippen LogP contribution in [0.3, 0.4) is 0 Å². The molecule has 0 aliphatic heterocycles. The first-order valence-corrected chi connectivity index (χ1v) is 10.7. The predicted molar refractivity (Wildman–Crippen MR) is 121 cm³/mol. The van der Waals surface area contributed by atoms with Gasteiger partial charge in [0.1, 0.15) is 6.29 Å². The molecule has 2 heteroatoms. The van der Waals surface area contributed by atoms with Crippen molar-refractivity contribution in [3.05, 3.63) is 34.3 Å². The van der Waals surface area contributed by atoms with Gasteiger partial charge >= 0.3 is 0 Å². The van der Waals surface area contributed by atoms with Gasteiger partial charge in [0, 0.05) is 10.9 Å². The number of hydrogen-bond donors (Lipinski definition) is 0. The molecule has 150 valence electrons. The maximum absolute atomic E-state index is 9.17. The highest BCUT2D eigenvalue weighted by molar-refractivity contribution is 9.10. The summed E-state index contributed by atoms with van der Waals surface area (Å²) in [5.41, 5.74) is 1.29. The lowest BCUT2D eigenvalue weighted by atomic mass is 10.1. The molecule has 0 N–H and O–H groups in total. The summed E-state index contributed by atoms with van der Waals surface area (Å²) in [6.45, 7) is 21.3. The van der Waals surface area contributed by atoms with Gasteiger partial charge in [-0.05, 0) is 30.9 Å². The monoisotopic (exact) mass is 416 g/mol. The van der Waals surface area contributed by atoms with Crippen molar-refractivity contribution in [1.29, 1.82) is 0 Å². The summed E-state index contributed by atoms with van der Waals surface area (Å²) < 4.78 is 1.15. The average molecular weight is 418 g/mol. The molecule has 0 fully saturated rings. The Labute approximate surface area is 168 Å². The van der Waals surface area contributed by atoms with E-state index in [2.05, 4.69) is 76.5 Å². The summed E-state index contributed by atoms with van der Waals surface area (Å²) in [5, 5.41) is 0. The van der Waals surface area contributed by atoms with Gasteiger partial charge in [0.15, 0.2) is 0 Å². The van der Waals surface area contributed by atoms with Crippen molar-refractivity contribution >= 4 is 22.2 Å². The summed E-state index contributed by atoms with van der Waals surface area (Å²) in [6.07, 6.45) is 5.48. The second kappa shape index (κ2) is 28.2. The largest absolute Gasteiger partial charge is 0.303 e. The van der Waals surface area contributed by atoms with Crippen LogP contribution in [-0.4, -0.2) is 6.29 Å². The molecule has 0 atom stereocenters. The van der Waals surface area contributed by atoms with Crippen LogP contribution in [0.5, 0.6) is 0 Å². The van der Waals surface area contributed by atoms with Gasteiger partial charge in [0.2, 0.25) is 0 Å². The minimum Gasteiger partial charge on any atom is -0.303 e. The van der Waals surface area contributed by atoms with Crippen molar-refractivity contribution in [2.75, 3.05) is 0 Å². The zero-order valence-corrected chi connectivity index (χ0v) is 20.2. The first-order chi connectivity index (χ1) is 11.8. The van der Waals surface area contributed by atoms with Crippen LogP contribution < -0.4 is 0 Å². The van der Waals surface area contributed by atoms with E-state index in [-0.39, 0.29) is 0 Å². The first kappa shape index (κ1) is 32.1. The number of rotatable bonds is 4. The van der Waals surface area contributed by atoms with Crippen LogP contribution in [0.4, 0.5) is 0 Å². The zero-order valence-electron chi connectivity index (χ0n) is 18.7. The minimum absolute atomic E-state index is 0.639. The third kappa shape index (κ3) is 39.8. The van der Waals surface area contributed by atoms with Gasteiger partial charge in [-0.3, -0.25) is 0 Å². The smallest absolute Gasteiger partial charge is 0.119 e. The number of halogens is 1. The molecule has 0 aliphatic rings. The Balaban J connectivity index is -0.000000118. The van der Waals surface area contributed by atoms with Crippen LogP contribution in [0.25, 0.3) is 0 Å². The topological polar surface area (TPSA) is 17.1 Å². The lowest BCUT2D eigenvalue weighted by Gasteiger charge is -1.98. The fraction of sp³-hybridized carbons (Fsp3) is 0.696. The average Bonchev–Trinajstić information content (AvgIpc) is 2.63. The molecule has 0 saturated carbocycles. The number of aldehydes is 1. The van der Waals surface area contributed by atoms with Gasteiger partial charge in [0.05, 0.1) is 0 Å². The van der Waals surface area contributed by atoms with Gasteiger partial charge < -0.3 is 4.79 Å². The molecule has 25 heavy (non-hydrogen) atoms. The molecule has 0 radical (unpaired) electrons. The van der Waals surface area contributed by atoms with Crippen LogP contribution in [0.2, 0.25) is 0 Å². The molecule has 0 heterocycles. The van der Waals surface area contributed by atoms with Crippen LogP contribution in [0.15, 0.2) is 28.7 Å². The maximum atomic E-state index is 9.17. The number of carbonyl (C=O) groups excluding carboxylic acids is 1. The van der Waals surface area contributed by atoms with Gasteiger partial charge in [0.25, 0.3) is 0 Å². The van der Waals surface area contributed by atoms with Gasteiger partial charge in [-0.15, -0.1) is 0 Å². The minimum atomic E-state index is 0.639. The van der Waals surface area contributed by atoms with Crippen LogP contribution in [-0.2, 0) is 4.79 Å². The van der Waals surface area contributed by atoms with Crippen LogP contribution in [0.1, 0.15) is 93.6 Å². The first-order valence-electron chi connectivity index (χ1n) is 9.94. The summed E-state index contributed by atoms with van der Waals surface area (Å²) >= 11 is 3.36. The molecular weight excluding hydrogens is 372 g/mol. The molecule has 0 bridgehead atoms. The second-order valence-electron chi connectivity index (χ2n) is 6.10. The molecule has 0 amide bonds. The predicted octanol–water partition coefficient (Wildman–Crippen LogP) is 8.87. The molecule has 1 nitrogen and oxygen atoms in total. The fourth-order valence-electron chi connectivity index (χ4n) is 0.894. The molecule has 0 unspecified atom stereocenters. The molecule has 1 rings (SSSR count). The van der Waals surface area contributed by atoms with E-state index in [4.69, 9.17) is 0 Å². The SMILES string of the molecule is CC.CCC(C)C.CCC(C)CC.CCC=O.Cc1cccc(Br)c1. The molecule has 1 aromatic rings. The van der Waals surface area contributed by atoms with Crippen LogP contribution in [0, 0.1) is 18.8 Å². The Morgan fingerprint density at radius 3 is 1.48 bits per heavy atom. The quantitative estimate of drug-likeness (QED) is 0.447. The van der Waals surface area contributed by atoms with E-state index in [1.54, 1.807) is 0 Å². The molecular formula is C23H45BrO. The Bertz CT molecular complexity index is 326. The Morgan fingerprint density at radius 2 is 1.36 bits per heavy atom. The van der Waals surface area contributed by atoms with E-state index in [0.717, 1.165) is 22.6 Å². The van der Waals surface area contributed by atoms with Crippen molar-refractivity contribution in [3.8, 4) is 0 Å². The van der Waals surface area contributed by atoms with Gasteiger partial charge in [-0.1, -0.05) is 115 Å². The van der Waals surface area contributed by atoms with Crippen molar-refractivity contribution in [2.24, 2.45) is 11.8 Å². The van der Waals surface area contributed by atoms with E-state index in [1.165, 1.54) is 24.8 Å². The van der Waals surface area contributed by atoms with Crippen molar-refractivity contribution in [2.45, 2.75) is 94.9 Å². The second-order valence-corrected chi connectivity index (χ2v) is 7.01. The highest BCUT2D eigenvalue weighted by Gasteiger charge is 1.88. The summed E-state index contributed by atoms with van der Waals surface area (Å²) in [6, 6.07) is 8.21. The summed E-state index contributed by atoms with van der Waals surface area (Å²) in [5.74, 6) is 1.82. The van der Waals surface area contributed by atoms with Crippen molar-refractivity contribution in [3.63, 3.8) is 0 Å². The van der Waals surface area contributed by atoms with Crippen molar-refractivity contribution < 1.29 is 4.79 Å². The number of aryl methyl sites for hydroxylation is 1. The molecule has 0 aliphatic carbocycles. The number of benzene rings is 1. The van der Waals surface area contributed by atoms with Crippen LogP contribution >= 0.6 is 15.9 Å². The highest BCUT2D eigenvalue weighted by Crippen LogP contribution is 2.09. The normalized spacial score (nSPS) is 8.52. The van der Waals surface area contributed by atoms with Gasteiger partial charge in [-0.2, -0.15) is 0 Å². The standard InChI is InChI=1S/C7H7Br.C6H14.C5H12.C3H6O.C2H6/c1-6-3-2-4-7(8)5-6;1-4-6(3)5-2;1-4-5(2)3;1-2-3-4;1-2/h2-5H,1H3;6H,4-5H2,1-3H3;5H,4H2,1-3H3;3H,2H2,1H3;1-2H3. The maximum Gasteiger partial charge on any atom is 0.119 e. The van der Waals surface area contributed by atoms with Crippen molar-refractivity contribution in [1.82, 2.24) is 0 Å². The Kier molecular flexibility index (Phi) is 36.2. The molecule has 0 aromatic heterocycles. The fourth-order valence-corrected chi connectivity index (χ4v) is 1.41. The Morgan fingerprint density at radius 1 is 0.960 bits per heavy atom. The van der Waals surface area contributed by atoms with E-state index in [0.29, 0.717) is 6.42 Å². The Hall–Kier alpha value is -0.630. The number of carbonyl (C=O) groups is 1. The van der Waals surface area contributed by atoms with E-state index < -0.39 is 0 Å². The van der Waals surface area contributed by atoms with Gasteiger partial charge in [-0.25, -0.2) is 0 Å². The lowest BCUT2D eigenvalue weighted by molar-refractivity contribution is -0.107. The third-order valence-corrected chi connectivity index (χ3v) is 3.85. The highest BCUT2D eigenvalue weighted by atomic mass is 79.9. The number of hydrogen-bond acceptors (Lipinski definition) is 1. The van der Waals surface area contributed by atoms with E-state index >= 15 is 0 Å². The summed E-state index contributed by atoms with van der Waals surface area (Å²) in [4.78, 5) is 9.17. The zero-order chi connectivity index (χ0) is 20.7. The molecule has 0 saturated heterocycles. The van der Waals surface area contributed by atoms with E-state index in [1.807, 2.05) is 32.9 Å². The third-order valence-electron chi connectivity index (χ3n) is 3.36. The summed E-state index contributed by atoms with van der Waals surface area (Å²) in [7, 11) is 0. The molecule has 0 spiro atoms. The molecule has 1 aromatic carbocycles.